The van der Waals surface area contributed by atoms with Gasteiger partial charge in [-0.2, -0.15) is 4.98 Å². The summed E-state index contributed by atoms with van der Waals surface area (Å²) >= 11 is 0. The molecule has 1 atom stereocenters. The van der Waals surface area contributed by atoms with Crippen LogP contribution in [0.3, 0.4) is 0 Å². The lowest BCUT2D eigenvalue weighted by Crippen LogP contribution is -2.39. The average molecular weight is 444 g/mol. The van der Waals surface area contributed by atoms with Crippen LogP contribution in [0.1, 0.15) is 0 Å². The summed E-state index contributed by atoms with van der Waals surface area (Å²) in [7, 11) is 1.55. The van der Waals surface area contributed by atoms with Gasteiger partial charge in [0.2, 0.25) is 5.95 Å². The van der Waals surface area contributed by atoms with Gasteiger partial charge in [-0.1, -0.05) is 18.2 Å². The molecule has 4 rings (SSSR count). The van der Waals surface area contributed by atoms with Crippen LogP contribution in [0.15, 0.2) is 39.9 Å². The zero-order chi connectivity index (χ0) is 22.5. The van der Waals surface area contributed by atoms with E-state index in [1.165, 1.54) is 4.57 Å². The number of aromatic nitrogens is 4. The fourth-order valence-corrected chi connectivity index (χ4v) is 3.67. The Kier molecular flexibility index (Phi) is 6.88. The molecule has 3 N–H and O–H groups in total. The number of nitrogens with one attached hydrogen (secondary N) is 2. The Balaban J connectivity index is 1.53. The van der Waals surface area contributed by atoms with E-state index in [2.05, 4.69) is 20.2 Å². The van der Waals surface area contributed by atoms with Gasteiger partial charge < -0.3 is 24.5 Å². The van der Waals surface area contributed by atoms with Crippen molar-refractivity contribution >= 4 is 17.1 Å². The van der Waals surface area contributed by atoms with Crippen LogP contribution in [0.25, 0.3) is 11.2 Å². The topological polar surface area (TPSA) is 127 Å². The molecule has 0 amide bonds. The van der Waals surface area contributed by atoms with E-state index in [0.717, 1.165) is 19.6 Å². The highest BCUT2D eigenvalue weighted by Crippen LogP contribution is 2.17. The van der Waals surface area contributed by atoms with Gasteiger partial charge in [-0.3, -0.25) is 19.2 Å². The average Bonchev–Trinajstić information content (AvgIpc) is 3.16. The van der Waals surface area contributed by atoms with Crippen molar-refractivity contribution in [3.05, 3.63) is 51.2 Å². The maximum absolute atomic E-state index is 12.6. The molecule has 1 unspecified atom stereocenters. The highest BCUT2D eigenvalue weighted by atomic mass is 16.5. The van der Waals surface area contributed by atoms with E-state index in [1.54, 1.807) is 23.7 Å². The van der Waals surface area contributed by atoms with Gasteiger partial charge in [0.05, 0.1) is 19.8 Å². The van der Waals surface area contributed by atoms with Crippen LogP contribution in [0, 0.1) is 0 Å². The van der Waals surface area contributed by atoms with Crippen molar-refractivity contribution in [1.29, 1.82) is 0 Å². The molecule has 1 aliphatic rings. The number of ether oxygens (including phenoxy) is 2. The van der Waals surface area contributed by atoms with Crippen LogP contribution in [0.4, 0.5) is 5.95 Å². The number of aromatic amines is 1. The summed E-state index contributed by atoms with van der Waals surface area (Å²) in [5, 5.41) is 13.9. The third-order valence-corrected chi connectivity index (χ3v) is 5.40. The second kappa shape index (κ2) is 9.98. The zero-order valence-corrected chi connectivity index (χ0v) is 18.0. The first-order valence-corrected chi connectivity index (χ1v) is 10.6. The minimum absolute atomic E-state index is 0.0422. The third-order valence-electron chi connectivity index (χ3n) is 5.40. The van der Waals surface area contributed by atoms with Gasteiger partial charge >= 0.3 is 5.69 Å². The summed E-state index contributed by atoms with van der Waals surface area (Å²) < 4.78 is 13.9. The molecule has 1 aliphatic heterocycles. The van der Waals surface area contributed by atoms with Gasteiger partial charge in [0.1, 0.15) is 18.5 Å². The highest BCUT2D eigenvalue weighted by Gasteiger charge is 2.20. The van der Waals surface area contributed by atoms with Crippen LogP contribution in [-0.4, -0.2) is 81.2 Å². The van der Waals surface area contributed by atoms with Gasteiger partial charge in [0, 0.05) is 33.2 Å². The van der Waals surface area contributed by atoms with Gasteiger partial charge in [0.15, 0.2) is 11.2 Å². The number of morpholine rings is 1. The summed E-state index contributed by atoms with van der Waals surface area (Å²) in [5.41, 5.74) is -0.614. The molecule has 2 aromatic heterocycles. The molecule has 1 fully saturated rings. The molecule has 0 spiro atoms. The van der Waals surface area contributed by atoms with Crippen LogP contribution in [0.2, 0.25) is 0 Å². The Morgan fingerprint density at radius 3 is 2.75 bits per heavy atom. The molecule has 11 heteroatoms. The van der Waals surface area contributed by atoms with Crippen molar-refractivity contribution < 1.29 is 14.6 Å². The lowest BCUT2D eigenvalue weighted by Gasteiger charge is -2.26. The summed E-state index contributed by atoms with van der Waals surface area (Å²) in [4.78, 5) is 33.7. The maximum Gasteiger partial charge on any atom is 0.329 e. The highest BCUT2D eigenvalue weighted by molar-refractivity contribution is 5.74. The number of rotatable bonds is 9. The van der Waals surface area contributed by atoms with Gasteiger partial charge in [-0.05, 0) is 12.1 Å². The Hall–Kier alpha value is -3.15. The molecule has 32 heavy (non-hydrogen) atoms. The molecule has 1 aromatic carbocycles. The van der Waals surface area contributed by atoms with Crippen LogP contribution < -0.4 is 21.3 Å². The third kappa shape index (κ3) is 5.01. The molecular weight excluding hydrogens is 416 g/mol. The SMILES string of the molecule is Cn1c(=O)[nH]c(=O)c2c1nc(NCCN1CCOCC1)n2CC(O)COc1ccccc1. The van der Waals surface area contributed by atoms with Crippen molar-refractivity contribution in [3.63, 3.8) is 0 Å². The molecule has 11 nitrogen and oxygen atoms in total. The summed E-state index contributed by atoms with van der Waals surface area (Å²) in [5.74, 6) is 1.06. The summed E-state index contributed by atoms with van der Waals surface area (Å²) in [6, 6.07) is 9.19. The van der Waals surface area contributed by atoms with Crippen LogP contribution >= 0.6 is 0 Å². The molecule has 0 aliphatic carbocycles. The van der Waals surface area contributed by atoms with E-state index < -0.39 is 17.4 Å². The maximum atomic E-state index is 12.6. The fraction of sp³-hybridized carbons (Fsp3) is 0.476. The monoisotopic (exact) mass is 444 g/mol. The fourth-order valence-electron chi connectivity index (χ4n) is 3.67. The van der Waals surface area contributed by atoms with E-state index in [1.807, 2.05) is 18.2 Å². The summed E-state index contributed by atoms with van der Waals surface area (Å²) in [6.45, 7) is 4.63. The quantitative estimate of drug-likeness (QED) is 0.407. The second-order valence-corrected chi connectivity index (χ2v) is 7.70. The number of aliphatic hydroxyl groups excluding tert-OH is 1. The van der Waals surface area contributed by atoms with Gasteiger partial charge in [-0.25, -0.2) is 4.79 Å². The van der Waals surface area contributed by atoms with Crippen molar-refractivity contribution in [2.75, 3.05) is 51.3 Å². The first kappa shape index (κ1) is 22.1. The molecule has 3 aromatic rings. The lowest BCUT2D eigenvalue weighted by molar-refractivity contribution is 0.0398. The zero-order valence-electron chi connectivity index (χ0n) is 18.0. The number of imidazole rings is 1. The molecular formula is C21H28N6O5. The van der Waals surface area contributed by atoms with Crippen LogP contribution in [0.5, 0.6) is 5.75 Å². The van der Waals surface area contributed by atoms with Crippen molar-refractivity contribution in [2.24, 2.45) is 7.05 Å². The summed E-state index contributed by atoms with van der Waals surface area (Å²) in [6.07, 6.45) is -0.899. The normalized spacial score (nSPS) is 15.7. The minimum atomic E-state index is -0.899. The van der Waals surface area contributed by atoms with Crippen LogP contribution in [-0.2, 0) is 18.3 Å². The largest absolute Gasteiger partial charge is 0.491 e. The molecule has 0 saturated carbocycles. The van der Waals surface area contributed by atoms with Crippen molar-refractivity contribution in [3.8, 4) is 5.75 Å². The molecule has 3 heterocycles. The first-order chi connectivity index (χ1) is 15.5. The molecule has 172 valence electrons. The molecule has 0 radical (unpaired) electrons. The van der Waals surface area contributed by atoms with E-state index in [9.17, 15) is 14.7 Å². The Labute approximate surface area is 184 Å². The number of anilines is 1. The van der Waals surface area contributed by atoms with E-state index in [0.29, 0.717) is 31.5 Å². The van der Waals surface area contributed by atoms with E-state index >= 15 is 0 Å². The number of hydrogen-bond acceptors (Lipinski definition) is 8. The number of H-pyrrole nitrogens is 1. The molecule has 0 bridgehead atoms. The second-order valence-electron chi connectivity index (χ2n) is 7.70. The Morgan fingerprint density at radius 2 is 2.00 bits per heavy atom. The minimum Gasteiger partial charge on any atom is -0.491 e. The van der Waals surface area contributed by atoms with E-state index in [4.69, 9.17) is 9.47 Å². The standard InChI is InChI=1S/C21H28N6O5/c1-25-18-17(19(29)24-21(25)30)27(13-15(28)14-32-16-5-3-2-4-6-16)20(23-18)22-7-8-26-9-11-31-12-10-26/h2-6,15,28H,7-14H2,1H3,(H,22,23)(H,24,29,30). The number of fused-ring (bicyclic) bond motifs is 1. The number of para-hydroxylation sites is 1. The number of aliphatic hydroxyl groups is 1. The van der Waals surface area contributed by atoms with Gasteiger partial charge in [-0.15, -0.1) is 0 Å². The predicted octanol–water partition coefficient (Wildman–Crippen LogP) is -0.393. The Morgan fingerprint density at radius 1 is 1.25 bits per heavy atom. The first-order valence-electron chi connectivity index (χ1n) is 10.6. The van der Waals surface area contributed by atoms with Crippen molar-refractivity contribution in [2.45, 2.75) is 12.6 Å². The predicted molar refractivity (Wildman–Crippen MR) is 119 cm³/mol. The Bertz CT molecular complexity index is 1150. The smallest absolute Gasteiger partial charge is 0.329 e. The number of hydrogen-bond donors (Lipinski definition) is 3. The molecule has 1 saturated heterocycles. The number of nitrogens with zero attached hydrogens (tertiary/aromatic N) is 4. The van der Waals surface area contributed by atoms with Crippen molar-refractivity contribution in [1.82, 2.24) is 24.0 Å². The number of aryl methyl sites for hydroxylation is 1. The van der Waals surface area contributed by atoms with Gasteiger partial charge in [0.25, 0.3) is 5.56 Å². The number of benzene rings is 1. The lowest BCUT2D eigenvalue weighted by atomic mass is 10.3. The van der Waals surface area contributed by atoms with E-state index in [-0.39, 0.29) is 24.3 Å².